The summed E-state index contributed by atoms with van der Waals surface area (Å²) >= 11 is 6.18. The Bertz CT molecular complexity index is 1120. The maximum Gasteiger partial charge on any atom is 1.00 e. The van der Waals surface area contributed by atoms with Crippen molar-refractivity contribution in [3.8, 4) is 0 Å². The fraction of sp³-hybridized carbons (Fsp3) is 0.286. The molecular weight excluding hydrogens is 701 g/mol. The van der Waals surface area contributed by atoms with E-state index in [-0.39, 0.29) is 39.4 Å². The molecule has 3 aromatic rings. The van der Waals surface area contributed by atoms with E-state index in [1.165, 1.54) is 10.6 Å². The van der Waals surface area contributed by atoms with Crippen LogP contribution in [0.25, 0.3) is 0 Å². The van der Waals surface area contributed by atoms with Gasteiger partial charge in [-0.1, -0.05) is 72.5 Å². The van der Waals surface area contributed by atoms with Crippen LogP contribution >= 0.6 is 15.3 Å². The average molecular weight is 734 g/mol. The number of hydrogen-bond donors (Lipinski definition) is 0. The third-order valence-electron chi connectivity index (χ3n) is 6.45. The van der Waals surface area contributed by atoms with Crippen LogP contribution in [0.4, 0.5) is 0 Å². The molecule has 5 rings (SSSR count). The minimum absolute atomic E-state index is 0. The molecule has 3 aromatic carbocycles. The minimum Gasteiger partial charge on any atom is -0.329 e. The largest absolute Gasteiger partial charge is 1.00 e. The van der Waals surface area contributed by atoms with E-state index in [0.717, 1.165) is 11.8 Å². The summed E-state index contributed by atoms with van der Waals surface area (Å²) in [6.45, 7) is 6.83. The smallest absolute Gasteiger partial charge is 0.329 e. The zero-order chi connectivity index (χ0) is 25.8. The van der Waals surface area contributed by atoms with Crippen LogP contribution in [0.1, 0.15) is 13.8 Å². The Kier molecular flexibility index (Phi) is 10.5. The molecule has 2 fully saturated rings. The van der Waals surface area contributed by atoms with E-state index >= 15 is 0 Å². The van der Waals surface area contributed by atoms with Gasteiger partial charge in [-0.2, -0.15) is 30.3 Å². The van der Waals surface area contributed by atoms with Gasteiger partial charge >= 0.3 is 22.4 Å². The summed E-state index contributed by atoms with van der Waals surface area (Å²) in [5.74, 6) is 0.209. The van der Waals surface area contributed by atoms with Crippen molar-refractivity contribution >= 4 is 54.8 Å². The number of hydrogen-bond acceptors (Lipinski definition) is 4. The third-order valence-corrected chi connectivity index (χ3v) is 11.9. The number of amides is 2. The second-order valence-corrected chi connectivity index (χ2v) is 15.0. The topological polar surface area (TPSA) is 43.9 Å². The van der Waals surface area contributed by atoms with Crippen molar-refractivity contribution in [3.63, 3.8) is 0 Å². The molecule has 0 saturated carbocycles. The first-order valence-corrected chi connectivity index (χ1v) is 15.3. The van der Waals surface area contributed by atoms with Crippen molar-refractivity contribution < 1.29 is 32.0 Å². The molecule has 2 aliphatic rings. The normalized spacial score (nSPS) is 20.7. The van der Waals surface area contributed by atoms with E-state index in [9.17, 15) is 9.59 Å². The van der Waals surface area contributed by atoms with Gasteiger partial charge in [0.1, 0.15) is 0 Å². The predicted octanol–water partition coefficient (Wildman–Crippen LogP) is 2.78. The van der Waals surface area contributed by atoms with E-state index in [2.05, 4.69) is 74.8 Å². The Morgan fingerprint density at radius 3 is 1.65 bits per heavy atom. The zero-order valence-electron chi connectivity index (χ0n) is 21.0. The summed E-state index contributed by atoms with van der Waals surface area (Å²) in [5, 5.41) is 3.48. The predicted molar refractivity (Wildman–Crippen MR) is 155 cm³/mol. The van der Waals surface area contributed by atoms with Crippen molar-refractivity contribution in [2.24, 2.45) is 0 Å². The third kappa shape index (κ3) is 7.07. The van der Waals surface area contributed by atoms with Crippen LogP contribution in [0.2, 0.25) is 0 Å². The van der Waals surface area contributed by atoms with Crippen LogP contribution in [-0.4, -0.2) is 64.6 Å². The second kappa shape index (κ2) is 13.0. The monoisotopic (exact) mass is 733 g/mol. The molecule has 0 aromatic heterocycles. The molecule has 2 bridgehead atoms. The molecule has 5 nitrogen and oxygen atoms in total. The molecule has 2 heterocycles. The zero-order valence-corrected chi connectivity index (χ0v) is 26.0. The van der Waals surface area contributed by atoms with Gasteiger partial charge in [-0.25, -0.2) is 0 Å². The number of benzene rings is 3. The summed E-state index contributed by atoms with van der Waals surface area (Å²) in [5.41, 5.74) is 0. The van der Waals surface area contributed by atoms with Crippen LogP contribution in [0.3, 0.4) is 0 Å². The fourth-order valence-electron chi connectivity index (χ4n) is 4.79. The molecule has 2 amide bonds. The summed E-state index contributed by atoms with van der Waals surface area (Å²) in [7, 11) is 2.82. The van der Waals surface area contributed by atoms with Crippen LogP contribution < -0.4 is 15.9 Å². The van der Waals surface area contributed by atoms with Crippen molar-refractivity contribution in [1.82, 2.24) is 14.7 Å². The van der Waals surface area contributed by atoms with Crippen molar-refractivity contribution in [3.05, 3.63) is 91.0 Å². The summed E-state index contributed by atoms with van der Waals surface area (Å²) in [6.07, 6.45) is 0. The number of fused-ring (bicyclic) bond motifs is 2. The molecule has 37 heavy (non-hydrogen) atoms. The van der Waals surface area contributed by atoms with Gasteiger partial charge < -0.3 is 9.80 Å². The Morgan fingerprint density at radius 1 is 0.811 bits per heavy atom. The molecule has 198 valence electrons. The van der Waals surface area contributed by atoms with E-state index in [1.807, 2.05) is 40.1 Å². The van der Waals surface area contributed by atoms with Crippen molar-refractivity contribution in [1.29, 1.82) is 0 Å². The second-order valence-electron chi connectivity index (χ2n) is 9.44. The standard InChI is InChI=1S/C18H14PS.C10H18N3O2P.Au/c20-19(16-10-4-1-5-11-16,17-12-6-2-7-13-17)18-14-8-3-9-15-18;1-8(14)12-4-10(16)3-11(6-12)7-13(5-10)9(2)15;/h1-14H;3-7,16H2,1-2H3;/q-1;;+1. The van der Waals surface area contributed by atoms with Crippen LogP contribution in [0.5, 0.6) is 0 Å². The Hall–Kier alpha value is -1.62. The molecule has 2 aliphatic heterocycles. The van der Waals surface area contributed by atoms with Crippen LogP contribution in [0.15, 0.2) is 84.9 Å². The first-order chi connectivity index (χ1) is 17.2. The van der Waals surface area contributed by atoms with Crippen LogP contribution in [-0.2, 0) is 43.8 Å². The number of rotatable bonds is 3. The van der Waals surface area contributed by atoms with E-state index in [0.29, 0.717) is 26.4 Å². The summed E-state index contributed by atoms with van der Waals surface area (Å²) < 4.78 is 0. The average Bonchev–Trinajstić information content (AvgIpc) is 2.89. The van der Waals surface area contributed by atoms with Gasteiger partial charge in [-0.05, 0) is 10.6 Å². The van der Waals surface area contributed by atoms with Gasteiger partial charge in [0, 0.05) is 44.7 Å². The molecule has 0 spiro atoms. The van der Waals surface area contributed by atoms with Gasteiger partial charge in [-0.3, -0.25) is 14.5 Å². The maximum absolute atomic E-state index is 11.4. The molecule has 1 unspecified atom stereocenters. The van der Waals surface area contributed by atoms with Crippen molar-refractivity contribution in [2.45, 2.75) is 19.0 Å². The molecule has 2 saturated heterocycles. The maximum atomic E-state index is 11.4. The first-order valence-electron chi connectivity index (χ1n) is 11.9. The minimum atomic E-state index is -2.00. The molecular formula is C28H32AuN3O2P2S. The van der Waals surface area contributed by atoms with Gasteiger partial charge in [0.15, 0.2) is 0 Å². The number of carbonyl (C=O) groups excluding carboxylic acids is 2. The Labute approximate surface area is 243 Å². The van der Waals surface area contributed by atoms with E-state index in [4.69, 9.17) is 11.8 Å². The molecule has 0 N–H and O–H groups in total. The van der Waals surface area contributed by atoms with E-state index in [1.54, 1.807) is 13.8 Å². The summed E-state index contributed by atoms with van der Waals surface area (Å²) in [6, 6.07) is 30.2. The van der Waals surface area contributed by atoms with Crippen molar-refractivity contribution in [2.75, 3.05) is 33.0 Å². The quantitative estimate of drug-likeness (QED) is 0.236. The Balaban J connectivity index is 0.000000205. The molecule has 0 aliphatic carbocycles. The summed E-state index contributed by atoms with van der Waals surface area (Å²) in [4.78, 5) is 28.6. The Morgan fingerprint density at radius 2 is 1.27 bits per heavy atom. The fourth-order valence-corrected chi connectivity index (χ4v) is 9.15. The van der Waals surface area contributed by atoms with Crippen LogP contribution in [0, 0.1) is 6.07 Å². The van der Waals surface area contributed by atoms with Gasteiger partial charge in [-0.15, -0.1) is 14.5 Å². The molecule has 1 atom stereocenters. The number of carbonyl (C=O) groups is 2. The molecule has 0 radical (unpaired) electrons. The molecule has 9 heteroatoms. The number of nitrogens with zero attached hydrogens (tertiary/aromatic N) is 3. The van der Waals surface area contributed by atoms with Gasteiger partial charge in [0.25, 0.3) is 0 Å². The first kappa shape index (κ1) is 29.9. The SMILES string of the molecule is CC(=O)N1CN2CN(C(C)=O)CC(P)(C2)C1.S=P(c1[c-]cccc1)(c1ccccc1)c1ccccc1.[Au+]. The van der Waals surface area contributed by atoms with Gasteiger partial charge in [0.05, 0.1) is 13.3 Å². The van der Waals surface area contributed by atoms with Gasteiger partial charge in [0.2, 0.25) is 11.8 Å². The van der Waals surface area contributed by atoms with E-state index < -0.39 is 6.04 Å².